The molecule has 1 aliphatic heterocycles. The molecule has 5 nitrogen and oxygen atoms in total. The largest absolute Gasteiger partial charge is 0.443 e. The number of carbonyl (C=O) groups excluding carboxylic acids is 1. The Bertz CT molecular complexity index is 813. The Kier molecular flexibility index (Phi) is 7.14. The molecule has 162 valence electrons. The molecule has 0 aliphatic carbocycles. The van der Waals surface area contributed by atoms with Crippen molar-refractivity contribution in [3.63, 3.8) is 0 Å². The van der Waals surface area contributed by atoms with Gasteiger partial charge in [0.1, 0.15) is 11.4 Å². The molecule has 0 unspecified atom stereocenters. The van der Waals surface area contributed by atoms with Gasteiger partial charge >= 0.3 is 6.09 Å². The van der Waals surface area contributed by atoms with Crippen molar-refractivity contribution in [1.29, 1.82) is 0 Å². The number of nitrogens with zero attached hydrogens (tertiary/aromatic N) is 3. The first kappa shape index (κ1) is 22.3. The maximum Gasteiger partial charge on any atom is 0.416 e. The fourth-order valence-electron chi connectivity index (χ4n) is 3.91. The minimum Gasteiger partial charge on any atom is -0.443 e. The molecule has 1 saturated heterocycles. The zero-order valence-electron chi connectivity index (χ0n) is 19.0. The van der Waals surface area contributed by atoms with Gasteiger partial charge in [-0.15, -0.1) is 0 Å². The van der Waals surface area contributed by atoms with E-state index in [1.165, 1.54) is 17.5 Å². The normalized spacial score (nSPS) is 17.3. The smallest absolute Gasteiger partial charge is 0.416 e. The standard InChI is InChI=1S/C25H35N3O2/c1-19(2)17-28(24(29)30-25(3,4)5)23-14-13-21(16-26-23)22-12-9-15-27(22)18-20-10-7-6-8-11-20/h6-8,10-11,13-14,16,19,22H,9,12,15,17-18H2,1-5H3/t22-/m1/s1. The van der Waals surface area contributed by atoms with Crippen LogP contribution in [0.3, 0.4) is 0 Å². The van der Waals surface area contributed by atoms with Gasteiger partial charge in [0.15, 0.2) is 0 Å². The number of anilines is 1. The number of carbonyl (C=O) groups is 1. The van der Waals surface area contributed by atoms with Gasteiger partial charge in [0.25, 0.3) is 0 Å². The third-order valence-electron chi connectivity index (χ3n) is 5.19. The van der Waals surface area contributed by atoms with Gasteiger partial charge < -0.3 is 4.74 Å². The van der Waals surface area contributed by atoms with Crippen LogP contribution in [-0.4, -0.2) is 34.7 Å². The van der Waals surface area contributed by atoms with Gasteiger partial charge in [-0.2, -0.15) is 0 Å². The van der Waals surface area contributed by atoms with Crippen LogP contribution in [0, 0.1) is 5.92 Å². The quantitative estimate of drug-likeness (QED) is 0.603. The Morgan fingerprint density at radius 3 is 2.53 bits per heavy atom. The summed E-state index contributed by atoms with van der Waals surface area (Å²) >= 11 is 0. The van der Waals surface area contributed by atoms with Crippen LogP contribution in [0.4, 0.5) is 10.6 Å². The summed E-state index contributed by atoms with van der Waals surface area (Å²) in [5.41, 5.74) is 2.01. The maximum atomic E-state index is 12.7. The van der Waals surface area contributed by atoms with Crippen LogP contribution in [0.25, 0.3) is 0 Å². The van der Waals surface area contributed by atoms with Gasteiger partial charge in [-0.1, -0.05) is 50.2 Å². The monoisotopic (exact) mass is 409 g/mol. The maximum absolute atomic E-state index is 12.7. The highest BCUT2D eigenvalue weighted by Gasteiger charge is 2.28. The highest BCUT2D eigenvalue weighted by molar-refractivity contribution is 5.86. The lowest BCUT2D eigenvalue weighted by Gasteiger charge is -2.28. The summed E-state index contributed by atoms with van der Waals surface area (Å²) < 4.78 is 5.61. The summed E-state index contributed by atoms with van der Waals surface area (Å²) in [7, 11) is 0. The number of aromatic nitrogens is 1. The summed E-state index contributed by atoms with van der Waals surface area (Å²) in [5, 5.41) is 0. The molecule has 2 heterocycles. The average molecular weight is 410 g/mol. The molecule has 3 rings (SSSR count). The lowest BCUT2D eigenvalue weighted by atomic mass is 10.1. The molecule has 2 aromatic rings. The fraction of sp³-hybridized carbons (Fsp3) is 0.520. The summed E-state index contributed by atoms with van der Waals surface area (Å²) in [5.74, 6) is 0.962. The van der Waals surface area contributed by atoms with Gasteiger partial charge in [0.2, 0.25) is 0 Å². The Morgan fingerprint density at radius 2 is 1.93 bits per heavy atom. The second-order valence-electron chi connectivity index (χ2n) is 9.55. The molecular formula is C25H35N3O2. The number of pyridine rings is 1. The molecule has 0 radical (unpaired) electrons. The molecule has 1 aliphatic rings. The molecule has 1 atom stereocenters. The lowest BCUT2D eigenvalue weighted by molar-refractivity contribution is 0.0575. The van der Waals surface area contributed by atoms with Crippen molar-refractivity contribution >= 4 is 11.9 Å². The van der Waals surface area contributed by atoms with E-state index in [9.17, 15) is 4.79 Å². The highest BCUT2D eigenvalue weighted by atomic mass is 16.6. The van der Waals surface area contributed by atoms with Crippen molar-refractivity contribution in [2.45, 2.75) is 65.6 Å². The van der Waals surface area contributed by atoms with Crippen LogP contribution >= 0.6 is 0 Å². The number of rotatable bonds is 6. The number of amides is 1. The molecule has 5 heteroatoms. The van der Waals surface area contributed by atoms with Gasteiger partial charge in [0, 0.05) is 25.3 Å². The number of ether oxygens (including phenoxy) is 1. The molecule has 1 aromatic heterocycles. The fourth-order valence-corrected chi connectivity index (χ4v) is 3.91. The Balaban J connectivity index is 1.75. The van der Waals surface area contributed by atoms with Gasteiger partial charge in [-0.05, 0) is 63.3 Å². The Morgan fingerprint density at radius 1 is 1.20 bits per heavy atom. The van der Waals surface area contributed by atoms with Crippen LogP contribution in [0.5, 0.6) is 0 Å². The van der Waals surface area contributed by atoms with E-state index >= 15 is 0 Å². The van der Waals surface area contributed by atoms with Crippen molar-refractivity contribution in [1.82, 2.24) is 9.88 Å². The van der Waals surface area contributed by atoms with Crippen LogP contribution in [-0.2, 0) is 11.3 Å². The van der Waals surface area contributed by atoms with E-state index in [0.29, 0.717) is 24.3 Å². The van der Waals surface area contributed by atoms with E-state index in [1.807, 2.05) is 33.0 Å². The summed E-state index contributed by atoms with van der Waals surface area (Å²) in [6, 6.07) is 15.1. The lowest BCUT2D eigenvalue weighted by Crippen LogP contribution is -2.39. The summed E-state index contributed by atoms with van der Waals surface area (Å²) in [4.78, 5) is 21.6. The summed E-state index contributed by atoms with van der Waals surface area (Å²) in [6.07, 6.45) is 3.91. The molecule has 1 aromatic carbocycles. The van der Waals surface area contributed by atoms with E-state index in [4.69, 9.17) is 4.74 Å². The van der Waals surface area contributed by atoms with E-state index in [1.54, 1.807) is 4.90 Å². The molecule has 0 N–H and O–H groups in total. The Hall–Kier alpha value is -2.40. The van der Waals surface area contributed by atoms with Crippen LogP contribution in [0.1, 0.15) is 64.6 Å². The topological polar surface area (TPSA) is 45.7 Å². The predicted octanol–water partition coefficient (Wildman–Crippen LogP) is 5.82. The minimum atomic E-state index is -0.534. The number of likely N-dealkylation sites (tertiary alicyclic amines) is 1. The molecular weight excluding hydrogens is 374 g/mol. The van der Waals surface area contributed by atoms with Crippen LogP contribution < -0.4 is 4.90 Å². The second-order valence-corrected chi connectivity index (χ2v) is 9.55. The van der Waals surface area contributed by atoms with Gasteiger partial charge in [0.05, 0.1) is 0 Å². The third-order valence-corrected chi connectivity index (χ3v) is 5.19. The summed E-state index contributed by atoms with van der Waals surface area (Å²) in [6.45, 7) is 12.5. The number of hydrogen-bond donors (Lipinski definition) is 0. The average Bonchev–Trinajstić information content (AvgIpc) is 3.13. The van der Waals surface area contributed by atoms with Gasteiger partial charge in [-0.3, -0.25) is 9.80 Å². The van der Waals surface area contributed by atoms with Crippen LogP contribution in [0.2, 0.25) is 0 Å². The predicted molar refractivity (Wildman–Crippen MR) is 121 cm³/mol. The van der Waals surface area contributed by atoms with Crippen molar-refractivity contribution in [2.24, 2.45) is 5.92 Å². The van der Waals surface area contributed by atoms with Gasteiger partial charge in [-0.25, -0.2) is 9.78 Å². The molecule has 1 fully saturated rings. The first-order valence-electron chi connectivity index (χ1n) is 11.0. The molecule has 1 amide bonds. The molecule has 0 saturated carbocycles. The zero-order valence-corrected chi connectivity index (χ0v) is 19.0. The first-order valence-corrected chi connectivity index (χ1v) is 11.0. The van der Waals surface area contributed by atoms with E-state index < -0.39 is 5.60 Å². The number of hydrogen-bond acceptors (Lipinski definition) is 4. The zero-order chi connectivity index (χ0) is 21.7. The molecule has 0 spiro atoms. The van der Waals surface area contributed by atoms with E-state index in [-0.39, 0.29) is 6.09 Å². The molecule has 0 bridgehead atoms. The highest BCUT2D eigenvalue weighted by Crippen LogP contribution is 2.33. The first-order chi connectivity index (χ1) is 14.2. The third kappa shape index (κ3) is 6.05. The van der Waals surface area contributed by atoms with Crippen molar-refractivity contribution in [3.8, 4) is 0 Å². The van der Waals surface area contributed by atoms with Crippen molar-refractivity contribution < 1.29 is 9.53 Å². The van der Waals surface area contributed by atoms with Crippen LogP contribution in [0.15, 0.2) is 48.7 Å². The second kappa shape index (κ2) is 9.61. The Labute approximate surface area is 181 Å². The van der Waals surface area contributed by atoms with Crippen molar-refractivity contribution in [3.05, 3.63) is 59.8 Å². The van der Waals surface area contributed by atoms with E-state index in [2.05, 4.69) is 60.1 Å². The molecule has 30 heavy (non-hydrogen) atoms. The van der Waals surface area contributed by atoms with E-state index in [0.717, 1.165) is 19.5 Å². The minimum absolute atomic E-state index is 0.315. The SMILES string of the molecule is CC(C)CN(C(=O)OC(C)(C)C)c1ccc([C@H]2CCCN2Cc2ccccc2)cn1. The number of benzene rings is 1. The van der Waals surface area contributed by atoms with Crippen molar-refractivity contribution in [2.75, 3.05) is 18.0 Å².